The summed E-state index contributed by atoms with van der Waals surface area (Å²) in [7, 11) is 0. The highest BCUT2D eigenvalue weighted by Crippen LogP contribution is 2.30. The average Bonchev–Trinajstić information content (AvgIpc) is 2.96. The summed E-state index contributed by atoms with van der Waals surface area (Å²) >= 11 is 6.94. The highest BCUT2D eigenvalue weighted by molar-refractivity contribution is 8.14. The molecule has 0 radical (unpaired) electrons. The summed E-state index contributed by atoms with van der Waals surface area (Å²) in [4.78, 5) is 37.0. The molecule has 0 aliphatic carbocycles. The van der Waals surface area contributed by atoms with Crippen molar-refractivity contribution < 1.29 is 19.5 Å². The summed E-state index contributed by atoms with van der Waals surface area (Å²) in [5.41, 5.74) is 6.66. The van der Waals surface area contributed by atoms with Gasteiger partial charge in [-0.05, 0) is 24.3 Å². The molecule has 1 fully saturated rings. The Labute approximate surface area is 175 Å². The summed E-state index contributed by atoms with van der Waals surface area (Å²) in [5, 5.41) is 16.5. The molecule has 0 aromatic heterocycles. The largest absolute Gasteiger partial charge is 0.478 e. The van der Waals surface area contributed by atoms with Gasteiger partial charge >= 0.3 is 5.97 Å². The zero-order valence-corrected chi connectivity index (χ0v) is 16.4. The Morgan fingerprint density at radius 1 is 1.24 bits per heavy atom. The first-order valence-electron chi connectivity index (χ1n) is 8.34. The van der Waals surface area contributed by atoms with E-state index in [0.717, 1.165) is 16.7 Å². The van der Waals surface area contributed by atoms with Gasteiger partial charge in [0, 0.05) is 17.0 Å². The molecule has 148 valence electrons. The lowest BCUT2D eigenvalue weighted by molar-refractivity contribution is -0.121. The van der Waals surface area contributed by atoms with Crippen LogP contribution in [0.25, 0.3) is 0 Å². The molecule has 1 aliphatic heterocycles. The molecule has 2 amide bonds. The maximum Gasteiger partial charge on any atom is 0.335 e. The number of rotatable bonds is 5. The number of amides is 2. The van der Waals surface area contributed by atoms with Crippen molar-refractivity contribution in [1.29, 1.82) is 0 Å². The molecule has 29 heavy (non-hydrogen) atoms. The number of benzene rings is 2. The summed E-state index contributed by atoms with van der Waals surface area (Å²) in [5.74, 6) is -2.08. The van der Waals surface area contributed by atoms with Crippen LogP contribution in [0.1, 0.15) is 22.3 Å². The fraction of sp³-hybridized carbons (Fsp3) is 0.105. The maximum atomic E-state index is 12.6. The van der Waals surface area contributed by atoms with Crippen LogP contribution in [0.5, 0.6) is 0 Å². The van der Waals surface area contributed by atoms with Gasteiger partial charge < -0.3 is 10.8 Å². The maximum absolute atomic E-state index is 12.6. The minimum atomic E-state index is -1.15. The summed E-state index contributed by atoms with van der Waals surface area (Å²) < 4.78 is 0. The van der Waals surface area contributed by atoms with E-state index in [1.54, 1.807) is 24.3 Å². The van der Waals surface area contributed by atoms with Crippen molar-refractivity contribution in [2.45, 2.75) is 11.7 Å². The third kappa shape index (κ3) is 4.82. The van der Waals surface area contributed by atoms with Gasteiger partial charge in [0.25, 0.3) is 0 Å². The van der Waals surface area contributed by atoms with E-state index >= 15 is 0 Å². The van der Waals surface area contributed by atoms with Gasteiger partial charge in [-0.2, -0.15) is 5.10 Å². The fourth-order valence-corrected chi connectivity index (χ4v) is 3.64. The van der Waals surface area contributed by atoms with Gasteiger partial charge in [0.05, 0.1) is 17.5 Å². The Morgan fingerprint density at radius 2 is 2.00 bits per heavy atom. The van der Waals surface area contributed by atoms with E-state index in [9.17, 15) is 14.4 Å². The average molecular weight is 431 g/mol. The monoisotopic (exact) mass is 430 g/mol. The molecule has 1 atom stereocenters. The summed E-state index contributed by atoms with van der Waals surface area (Å²) in [6.07, 6.45) is 1.35. The Kier molecular flexibility index (Phi) is 6.30. The number of carbonyl (C=O) groups is 3. The number of anilines is 1. The van der Waals surface area contributed by atoms with E-state index in [1.165, 1.54) is 30.5 Å². The molecule has 0 saturated carbocycles. The molecule has 8 nitrogen and oxygen atoms in total. The van der Waals surface area contributed by atoms with Gasteiger partial charge in [-0.1, -0.05) is 47.6 Å². The number of nitrogens with zero attached hydrogens (tertiary/aromatic N) is 3. The quantitative estimate of drug-likeness (QED) is 0.325. The van der Waals surface area contributed by atoms with Crippen LogP contribution >= 0.6 is 23.4 Å². The van der Waals surface area contributed by atoms with E-state index < -0.39 is 23.0 Å². The Bertz CT molecular complexity index is 1040. The van der Waals surface area contributed by atoms with Gasteiger partial charge in [-0.25, -0.2) is 9.69 Å². The fourth-order valence-electron chi connectivity index (χ4n) is 2.64. The van der Waals surface area contributed by atoms with Crippen molar-refractivity contribution in [2.75, 3.05) is 4.90 Å². The zero-order chi connectivity index (χ0) is 21.0. The van der Waals surface area contributed by atoms with Crippen LogP contribution in [0.2, 0.25) is 5.02 Å². The second-order valence-electron chi connectivity index (χ2n) is 5.94. The molecular weight excluding hydrogens is 416 g/mol. The zero-order valence-electron chi connectivity index (χ0n) is 14.9. The second kappa shape index (κ2) is 8.89. The number of halogens is 1. The predicted molar refractivity (Wildman–Crippen MR) is 113 cm³/mol. The van der Waals surface area contributed by atoms with Gasteiger partial charge in [-0.3, -0.25) is 9.59 Å². The standard InChI is InChI=1S/C19H15ClN4O4S/c20-14-7-2-1-4-12(14)10-22-23-19(21)29-15-9-16(25)24(17(15)26)13-6-3-5-11(8-13)18(27)28/h1-8,10,15H,9H2,(H2,21,23)(H,27,28)/b22-10-/t15-/m1/s1. The molecular formula is C19H15ClN4O4S. The number of thioether (sulfide) groups is 1. The van der Waals surface area contributed by atoms with Crippen molar-refractivity contribution >= 4 is 58.2 Å². The van der Waals surface area contributed by atoms with Gasteiger partial charge in [0.2, 0.25) is 11.8 Å². The van der Waals surface area contributed by atoms with E-state index in [4.69, 9.17) is 22.4 Å². The van der Waals surface area contributed by atoms with Crippen molar-refractivity contribution in [1.82, 2.24) is 0 Å². The number of carboxylic acid groups (broad SMARTS) is 1. The minimum absolute atomic E-state index is 0.0144. The number of carboxylic acids is 1. The van der Waals surface area contributed by atoms with Gasteiger partial charge in [0.15, 0.2) is 5.17 Å². The number of hydrogen-bond donors (Lipinski definition) is 2. The normalized spacial score (nSPS) is 17.3. The van der Waals surface area contributed by atoms with E-state index in [1.807, 2.05) is 0 Å². The number of carbonyl (C=O) groups excluding carboxylic acids is 2. The van der Waals surface area contributed by atoms with Gasteiger partial charge in [0.1, 0.15) is 5.25 Å². The number of imide groups is 1. The smallest absolute Gasteiger partial charge is 0.335 e. The number of hydrogen-bond acceptors (Lipinski definition) is 6. The molecule has 2 aromatic rings. The van der Waals surface area contributed by atoms with E-state index in [0.29, 0.717) is 10.6 Å². The first-order valence-corrected chi connectivity index (χ1v) is 9.60. The van der Waals surface area contributed by atoms with E-state index in [-0.39, 0.29) is 22.8 Å². The molecule has 3 rings (SSSR count). The second-order valence-corrected chi connectivity index (χ2v) is 7.57. The first kappa shape index (κ1) is 20.6. The lowest BCUT2D eigenvalue weighted by atomic mass is 10.2. The number of nitrogens with two attached hydrogens (primary N) is 1. The summed E-state index contributed by atoms with van der Waals surface area (Å²) in [6.45, 7) is 0. The van der Waals surface area contributed by atoms with Crippen molar-refractivity contribution in [2.24, 2.45) is 15.9 Å². The van der Waals surface area contributed by atoms with Crippen LogP contribution in [-0.2, 0) is 9.59 Å². The predicted octanol–water partition coefficient (Wildman–Crippen LogP) is 2.75. The van der Waals surface area contributed by atoms with Crippen molar-refractivity contribution in [3.05, 3.63) is 64.7 Å². The number of amidine groups is 1. The van der Waals surface area contributed by atoms with Crippen LogP contribution in [0.3, 0.4) is 0 Å². The molecule has 0 unspecified atom stereocenters. The van der Waals surface area contributed by atoms with Gasteiger partial charge in [-0.15, -0.1) is 5.10 Å². The molecule has 1 aliphatic rings. The first-order chi connectivity index (χ1) is 13.9. The molecule has 2 aromatic carbocycles. The SMILES string of the molecule is NC(=N/N=C\c1ccccc1Cl)S[C@@H]1CC(=O)N(c2cccc(C(=O)O)c2)C1=O. The Balaban J connectivity index is 1.70. The topological polar surface area (TPSA) is 125 Å². The molecule has 1 heterocycles. The van der Waals surface area contributed by atoms with Crippen molar-refractivity contribution in [3.63, 3.8) is 0 Å². The molecule has 1 saturated heterocycles. The molecule has 0 spiro atoms. The van der Waals surface area contributed by atoms with Crippen LogP contribution in [0.4, 0.5) is 5.69 Å². The van der Waals surface area contributed by atoms with Crippen LogP contribution in [0, 0.1) is 0 Å². The summed E-state index contributed by atoms with van der Waals surface area (Å²) in [6, 6.07) is 12.7. The van der Waals surface area contributed by atoms with E-state index in [2.05, 4.69) is 10.2 Å². The highest BCUT2D eigenvalue weighted by Gasteiger charge is 2.40. The van der Waals surface area contributed by atoms with Crippen LogP contribution < -0.4 is 10.6 Å². The molecule has 0 bridgehead atoms. The molecule has 10 heteroatoms. The van der Waals surface area contributed by atoms with Crippen molar-refractivity contribution in [3.8, 4) is 0 Å². The third-order valence-electron chi connectivity index (χ3n) is 3.98. The van der Waals surface area contributed by atoms with Crippen LogP contribution in [-0.4, -0.2) is 39.5 Å². The Morgan fingerprint density at radius 3 is 2.72 bits per heavy atom. The lowest BCUT2D eigenvalue weighted by Crippen LogP contribution is -2.32. The minimum Gasteiger partial charge on any atom is -0.478 e. The highest BCUT2D eigenvalue weighted by atomic mass is 35.5. The number of aromatic carboxylic acids is 1. The molecule has 3 N–H and O–H groups in total. The lowest BCUT2D eigenvalue weighted by Gasteiger charge is -2.15. The third-order valence-corrected chi connectivity index (χ3v) is 5.30. The Hall–Kier alpha value is -3.17. The van der Waals surface area contributed by atoms with Crippen LogP contribution in [0.15, 0.2) is 58.7 Å².